The molecule has 0 atom stereocenters. The largest absolute Gasteiger partial charge is 0.497 e. The van der Waals surface area contributed by atoms with Gasteiger partial charge in [0.05, 0.1) is 20.0 Å². The predicted molar refractivity (Wildman–Crippen MR) is 91.8 cm³/mol. The normalized spacial score (nSPS) is 14.6. The van der Waals surface area contributed by atoms with E-state index >= 15 is 0 Å². The van der Waals surface area contributed by atoms with E-state index in [0.29, 0.717) is 5.56 Å². The molecule has 1 aromatic carbocycles. The lowest BCUT2D eigenvalue weighted by atomic mass is 10.0. The molecule has 0 unspecified atom stereocenters. The summed E-state index contributed by atoms with van der Waals surface area (Å²) in [6, 6.07) is 7.12. The van der Waals surface area contributed by atoms with Gasteiger partial charge in [0.25, 0.3) is 0 Å². The van der Waals surface area contributed by atoms with Crippen molar-refractivity contribution in [2.75, 3.05) is 19.9 Å². The van der Waals surface area contributed by atoms with Gasteiger partial charge in [0.1, 0.15) is 5.75 Å². The van der Waals surface area contributed by atoms with Crippen LogP contribution in [0.5, 0.6) is 5.75 Å². The second-order valence-corrected chi connectivity index (χ2v) is 6.09. The van der Waals surface area contributed by atoms with Crippen LogP contribution in [0.3, 0.4) is 0 Å². The van der Waals surface area contributed by atoms with E-state index in [1.54, 1.807) is 48.0 Å². The quantitative estimate of drug-likeness (QED) is 0.470. The maximum atomic E-state index is 12.4. The number of ketones is 1. The Kier molecular flexibility index (Phi) is 6.07. The number of rotatable bonds is 7. The van der Waals surface area contributed by atoms with Crippen molar-refractivity contribution >= 4 is 23.9 Å². The van der Waals surface area contributed by atoms with Gasteiger partial charge < -0.3 is 9.64 Å². The van der Waals surface area contributed by atoms with Crippen molar-refractivity contribution in [3.05, 3.63) is 40.4 Å². The molecule has 0 heterocycles. The molecule has 118 valence electrons. The summed E-state index contributed by atoms with van der Waals surface area (Å²) in [7, 11) is 1.60. The highest BCUT2D eigenvalue weighted by Crippen LogP contribution is 2.32. The van der Waals surface area contributed by atoms with Gasteiger partial charge in [0.15, 0.2) is 5.78 Å². The first-order valence-electron chi connectivity index (χ1n) is 7.40. The topological polar surface area (TPSA) is 53.4 Å². The van der Waals surface area contributed by atoms with Crippen molar-refractivity contribution < 1.29 is 9.53 Å². The van der Waals surface area contributed by atoms with Gasteiger partial charge in [-0.25, -0.2) is 0 Å². The Morgan fingerprint density at radius 1 is 1.32 bits per heavy atom. The van der Waals surface area contributed by atoms with Crippen LogP contribution < -0.4 is 4.74 Å². The third-order valence-electron chi connectivity index (χ3n) is 3.86. The van der Waals surface area contributed by atoms with Gasteiger partial charge in [0.2, 0.25) is 0 Å². The maximum absolute atomic E-state index is 12.4. The van der Waals surface area contributed by atoms with E-state index < -0.39 is 0 Å². The van der Waals surface area contributed by atoms with Crippen molar-refractivity contribution in [2.45, 2.75) is 25.7 Å². The molecule has 0 saturated carbocycles. The number of carbonyl (C=O) groups is 1. The maximum Gasteiger partial charge on any atom is 0.182 e. The van der Waals surface area contributed by atoms with Crippen LogP contribution in [-0.4, -0.2) is 36.9 Å². The van der Waals surface area contributed by atoms with Crippen molar-refractivity contribution in [1.82, 2.24) is 4.90 Å². The van der Waals surface area contributed by atoms with E-state index in [-0.39, 0.29) is 12.3 Å². The summed E-state index contributed by atoms with van der Waals surface area (Å²) in [5, 5.41) is 7.67. The van der Waals surface area contributed by atoms with E-state index in [1.165, 1.54) is 17.7 Å². The highest BCUT2D eigenvalue weighted by atomic mass is 32.2. The first-order chi connectivity index (χ1) is 10.7. The lowest BCUT2D eigenvalue weighted by molar-refractivity contribution is 0.0971. The Hall–Kier alpha value is -1.75. The fourth-order valence-electron chi connectivity index (χ4n) is 2.63. The molecule has 1 aromatic rings. The van der Waals surface area contributed by atoms with Gasteiger partial charge in [0, 0.05) is 16.2 Å². The van der Waals surface area contributed by atoms with Crippen molar-refractivity contribution in [3.8, 4) is 5.75 Å². The lowest BCUT2D eigenvalue weighted by Gasteiger charge is -2.27. The fraction of sp³-hybridized carbons (Fsp3) is 0.412. The highest BCUT2D eigenvalue weighted by molar-refractivity contribution is 8.02. The summed E-state index contributed by atoms with van der Waals surface area (Å²) < 4.78 is 5.11. The number of thioether (sulfide) groups is 1. The third-order valence-corrected chi connectivity index (χ3v) is 4.80. The van der Waals surface area contributed by atoms with E-state index in [0.717, 1.165) is 30.7 Å². The van der Waals surface area contributed by atoms with Crippen LogP contribution >= 0.6 is 11.8 Å². The fourth-order valence-corrected chi connectivity index (χ4v) is 3.43. The second kappa shape index (κ2) is 8.03. The Balaban J connectivity index is 2.13. The number of nitrogens with zero attached hydrogens (tertiary/aromatic N) is 1. The van der Waals surface area contributed by atoms with Crippen LogP contribution in [0.25, 0.3) is 0 Å². The number of hydrogen-bond acceptors (Lipinski definition) is 4. The molecule has 5 heteroatoms. The van der Waals surface area contributed by atoms with Crippen molar-refractivity contribution in [2.24, 2.45) is 0 Å². The lowest BCUT2D eigenvalue weighted by Crippen LogP contribution is -2.29. The van der Waals surface area contributed by atoms with Crippen LogP contribution in [0.4, 0.5) is 0 Å². The third kappa shape index (κ3) is 3.91. The predicted octanol–water partition coefficient (Wildman–Crippen LogP) is 3.94. The molecule has 1 aliphatic carbocycles. The monoisotopic (exact) mass is 318 g/mol. The summed E-state index contributed by atoms with van der Waals surface area (Å²) in [5.74, 6) is 0.754. The zero-order chi connectivity index (χ0) is 15.9. The highest BCUT2D eigenvalue weighted by Gasteiger charge is 2.19. The Morgan fingerprint density at radius 3 is 2.59 bits per heavy atom. The zero-order valence-corrected chi connectivity index (χ0v) is 13.9. The number of carbonyl (C=O) groups excluding carboxylic acids is 1. The molecule has 0 radical (unpaired) electrons. The molecule has 0 fully saturated rings. The van der Waals surface area contributed by atoms with Crippen LogP contribution in [-0.2, 0) is 0 Å². The van der Waals surface area contributed by atoms with Crippen LogP contribution in [0.1, 0.15) is 36.0 Å². The number of benzene rings is 1. The van der Waals surface area contributed by atoms with Gasteiger partial charge in [-0.05, 0) is 56.2 Å². The summed E-state index contributed by atoms with van der Waals surface area (Å²) in [6.07, 6.45) is 7.66. The Bertz CT molecular complexity index is 567. The summed E-state index contributed by atoms with van der Waals surface area (Å²) in [6.45, 7) is 0.217. The minimum Gasteiger partial charge on any atom is -0.497 e. The SMILES string of the molecule is COc1ccc(C(=O)CN(C=N)C2=C(SC)CCCC2)cc1. The number of Topliss-reactive ketones (excluding diaryl/α,β-unsaturated/α-hetero) is 1. The van der Waals surface area contributed by atoms with Crippen molar-refractivity contribution in [1.29, 1.82) is 5.41 Å². The zero-order valence-electron chi connectivity index (χ0n) is 13.1. The minimum atomic E-state index is 0.0182. The number of nitrogens with one attached hydrogen (secondary N) is 1. The average Bonchev–Trinajstić information content (AvgIpc) is 2.59. The first-order valence-corrected chi connectivity index (χ1v) is 8.62. The van der Waals surface area contributed by atoms with Crippen LogP contribution in [0.2, 0.25) is 0 Å². The van der Waals surface area contributed by atoms with Gasteiger partial charge in [-0.1, -0.05) is 0 Å². The van der Waals surface area contributed by atoms with Crippen LogP contribution in [0.15, 0.2) is 34.9 Å². The van der Waals surface area contributed by atoms with E-state index in [1.807, 2.05) is 0 Å². The Morgan fingerprint density at radius 2 is 2.00 bits per heavy atom. The number of ether oxygens (including phenoxy) is 1. The average molecular weight is 318 g/mol. The molecule has 4 nitrogen and oxygen atoms in total. The van der Waals surface area contributed by atoms with Gasteiger partial charge >= 0.3 is 0 Å². The number of methoxy groups -OCH3 is 1. The number of hydrogen-bond donors (Lipinski definition) is 1. The van der Waals surface area contributed by atoms with Gasteiger partial charge in [-0.15, -0.1) is 11.8 Å². The summed E-state index contributed by atoms with van der Waals surface area (Å²) in [5.41, 5.74) is 1.78. The molecule has 1 N–H and O–H groups in total. The van der Waals surface area contributed by atoms with Gasteiger partial charge in [-0.2, -0.15) is 0 Å². The summed E-state index contributed by atoms with van der Waals surface area (Å²) >= 11 is 1.73. The second-order valence-electron chi connectivity index (χ2n) is 5.19. The molecule has 0 saturated heterocycles. The molecule has 2 rings (SSSR count). The van der Waals surface area contributed by atoms with Crippen LogP contribution in [0, 0.1) is 5.41 Å². The molecule has 1 aliphatic rings. The molecule has 0 spiro atoms. The standard InChI is InChI=1S/C17H22N2O2S/c1-21-14-9-7-13(8-10-14)16(20)11-19(12-18)15-5-3-4-6-17(15)22-2/h7-10,12,18H,3-6,11H2,1-2H3. The molecular weight excluding hydrogens is 296 g/mol. The molecule has 0 bridgehead atoms. The Labute approximate surface area is 136 Å². The van der Waals surface area contributed by atoms with E-state index in [9.17, 15) is 4.79 Å². The van der Waals surface area contributed by atoms with Gasteiger partial charge in [-0.3, -0.25) is 10.2 Å². The number of allylic oxidation sites excluding steroid dienone is 2. The van der Waals surface area contributed by atoms with Crippen molar-refractivity contribution in [3.63, 3.8) is 0 Å². The minimum absolute atomic E-state index is 0.0182. The molecule has 0 aromatic heterocycles. The first kappa shape index (κ1) is 16.6. The molecular formula is C17H22N2O2S. The van der Waals surface area contributed by atoms with E-state index in [4.69, 9.17) is 10.1 Å². The smallest absolute Gasteiger partial charge is 0.182 e. The molecule has 22 heavy (non-hydrogen) atoms. The molecule has 0 aliphatic heterocycles. The molecule has 0 amide bonds. The summed E-state index contributed by atoms with van der Waals surface area (Å²) in [4.78, 5) is 15.5. The van der Waals surface area contributed by atoms with E-state index in [2.05, 4.69) is 6.26 Å².